The maximum Gasteiger partial charge on any atom is 0.266 e. The fraction of sp³-hybridized carbons (Fsp3) is 0.360. The van der Waals surface area contributed by atoms with Crippen LogP contribution >= 0.6 is 15.9 Å². The molecule has 0 aliphatic carbocycles. The fourth-order valence-electron chi connectivity index (χ4n) is 3.55. The topological polar surface area (TPSA) is 92.2 Å². The third-order valence-corrected chi connectivity index (χ3v) is 5.76. The Morgan fingerprint density at radius 1 is 1.27 bits per heavy atom. The van der Waals surface area contributed by atoms with E-state index in [4.69, 9.17) is 19.6 Å². The monoisotopic (exact) mass is 515 g/mol. The molecule has 8 heteroatoms. The van der Waals surface area contributed by atoms with Crippen molar-refractivity contribution in [2.45, 2.75) is 37.8 Å². The summed E-state index contributed by atoms with van der Waals surface area (Å²) in [4.78, 5) is 18.2. The van der Waals surface area contributed by atoms with Crippen molar-refractivity contribution in [3.05, 3.63) is 76.8 Å². The van der Waals surface area contributed by atoms with Crippen molar-refractivity contribution in [2.24, 2.45) is 4.99 Å². The number of nitrogens with zero attached hydrogens (tertiary/aromatic N) is 1. The van der Waals surface area contributed by atoms with Crippen LogP contribution in [0.2, 0.25) is 0 Å². The predicted octanol–water partition coefficient (Wildman–Crippen LogP) is 4.07. The Morgan fingerprint density at radius 2 is 2.00 bits per heavy atom. The zero-order valence-corrected chi connectivity index (χ0v) is 20.3. The molecule has 176 valence electrons. The van der Waals surface area contributed by atoms with Crippen LogP contribution < -0.4 is 15.6 Å². The number of hydrazine groups is 1. The predicted molar refractivity (Wildman–Crippen MR) is 132 cm³/mol. The highest BCUT2D eigenvalue weighted by Crippen LogP contribution is 2.42. The average Bonchev–Trinajstić information content (AvgIpc) is 3.21. The quantitative estimate of drug-likeness (QED) is 0.225. The van der Waals surface area contributed by atoms with Gasteiger partial charge in [-0.1, -0.05) is 41.1 Å². The van der Waals surface area contributed by atoms with E-state index in [0.717, 1.165) is 22.0 Å². The second-order valence-corrected chi connectivity index (χ2v) is 8.63. The molecule has 2 aromatic rings. The molecule has 1 amide bonds. The first kappa shape index (κ1) is 25.0. The van der Waals surface area contributed by atoms with Crippen LogP contribution in [0, 0.1) is 0 Å². The number of halogens is 1. The van der Waals surface area contributed by atoms with E-state index in [2.05, 4.69) is 33.4 Å². The molecule has 7 nitrogen and oxygen atoms in total. The standard InChI is InChI=1S/C25H30BrN3O4/c1-3-14-25(24(31)29-27-15-4-2)22(18-6-10-20(26)11-7-18)33-23(28-25)19-8-12-21(13-9-19)32-17-5-16-30/h3,6-13,22,27,30H,1,4-5,14-17H2,2H3,(H,29,31)/t22-,25-/m0/s1. The Balaban J connectivity index is 1.94. The molecule has 3 N–H and O–H groups in total. The molecule has 2 atom stereocenters. The minimum absolute atomic E-state index is 0.0841. The number of hydrogen-bond donors (Lipinski definition) is 3. The molecule has 0 fully saturated rings. The van der Waals surface area contributed by atoms with Crippen LogP contribution in [-0.4, -0.2) is 42.2 Å². The first-order valence-electron chi connectivity index (χ1n) is 11.0. The van der Waals surface area contributed by atoms with Crippen LogP contribution in [0.5, 0.6) is 5.75 Å². The van der Waals surface area contributed by atoms with Crippen molar-refractivity contribution in [2.75, 3.05) is 19.8 Å². The van der Waals surface area contributed by atoms with E-state index in [-0.39, 0.29) is 12.5 Å². The second kappa shape index (κ2) is 12.0. The first-order valence-corrected chi connectivity index (χ1v) is 11.8. The van der Waals surface area contributed by atoms with Gasteiger partial charge in [0.1, 0.15) is 5.75 Å². The van der Waals surface area contributed by atoms with Gasteiger partial charge in [-0.2, -0.15) is 0 Å². The van der Waals surface area contributed by atoms with E-state index in [1.807, 2.05) is 55.5 Å². The van der Waals surface area contributed by atoms with Crippen molar-refractivity contribution >= 4 is 27.7 Å². The van der Waals surface area contributed by atoms with E-state index in [0.29, 0.717) is 37.6 Å². The molecule has 3 rings (SSSR count). The van der Waals surface area contributed by atoms with Gasteiger partial charge < -0.3 is 14.6 Å². The highest BCUT2D eigenvalue weighted by molar-refractivity contribution is 9.10. The molecule has 0 unspecified atom stereocenters. The van der Waals surface area contributed by atoms with Gasteiger partial charge in [0.15, 0.2) is 11.6 Å². The zero-order valence-electron chi connectivity index (χ0n) is 18.7. The summed E-state index contributed by atoms with van der Waals surface area (Å²) in [7, 11) is 0. The Labute approximate surface area is 203 Å². The Kier molecular flexibility index (Phi) is 9.05. The lowest BCUT2D eigenvalue weighted by atomic mass is 9.84. The number of nitrogens with one attached hydrogen (secondary N) is 2. The summed E-state index contributed by atoms with van der Waals surface area (Å²) in [6.07, 6.45) is 2.82. The van der Waals surface area contributed by atoms with Crippen molar-refractivity contribution in [3.63, 3.8) is 0 Å². The number of aliphatic imine (C=N–C) groups is 1. The molecular formula is C25H30BrN3O4. The highest BCUT2D eigenvalue weighted by Gasteiger charge is 2.52. The number of aliphatic hydroxyl groups excluding tert-OH is 1. The first-order chi connectivity index (χ1) is 16.0. The molecule has 2 aromatic carbocycles. The number of aliphatic hydroxyl groups is 1. The number of rotatable bonds is 12. The van der Waals surface area contributed by atoms with Gasteiger partial charge in [-0.15, -0.1) is 6.58 Å². The van der Waals surface area contributed by atoms with E-state index in [1.165, 1.54) is 0 Å². The number of carbonyl (C=O) groups excluding carboxylic acids is 1. The molecule has 33 heavy (non-hydrogen) atoms. The average molecular weight is 516 g/mol. The van der Waals surface area contributed by atoms with Crippen LogP contribution in [0.4, 0.5) is 0 Å². The molecule has 0 saturated heterocycles. The molecule has 0 radical (unpaired) electrons. The van der Waals surface area contributed by atoms with Crippen LogP contribution in [0.1, 0.15) is 43.4 Å². The molecule has 0 aromatic heterocycles. The van der Waals surface area contributed by atoms with Gasteiger partial charge in [0, 0.05) is 36.0 Å². The van der Waals surface area contributed by atoms with Crippen molar-refractivity contribution < 1.29 is 19.4 Å². The number of amides is 1. The number of ether oxygens (including phenoxy) is 2. The van der Waals surface area contributed by atoms with Gasteiger partial charge in [0.25, 0.3) is 5.91 Å². The lowest BCUT2D eigenvalue weighted by Gasteiger charge is -2.29. The summed E-state index contributed by atoms with van der Waals surface area (Å²) in [5.74, 6) is 0.800. The van der Waals surface area contributed by atoms with Gasteiger partial charge in [-0.3, -0.25) is 10.2 Å². The summed E-state index contributed by atoms with van der Waals surface area (Å²) >= 11 is 3.46. The van der Waals surface area contributed by atoms with Crippen molar-refractivity contribution in [1.82, 2.24) is 10.9 Å². The third-order valence-electron chi connectivity index (χ3n) is 5.24. The highest BCUT2D eigenvalue weighted by atomic mass is 79.9. The molecule has 0 spiro atoms. The van der Waals surface area contributed by atoms with Crippen molar-refractivity contribution in [3.8, 4) is 5.75 Å². The van der Waals surface area contributed by atoms with Gasteiger partial charge in [-0.05, 0) is 48.4 Å². The fourth-order valence-corrected chi connectivity index (χ4v) is 3.81. The van der Waals surface area contributed by atoms with Gasteiger partial charge in [0.05, 0.1) is 6.61 Å². The lowest BCUT2D eigenvalue weighted by molar-refractivity contribution is -0.129. The Hall–Kier alpha value is -2.68. The van der Waals surface area contributed by atoms with E-state index in [1.54, 1.807) is 6.08 Å². The summed E-state index contributed by atoms with van der Waals surface area (Å²) in [5.41, 5.74) is 6.14. The number of carbonyl (C=O) groups is 1. The summed E-state index contributed by atoms with van der Waals surface area (Å²) in [6.45, 7) is 7.06. The molecular weight excluding hydrogens is 486 g/mol. The van der Waals surface area contributed by atoms with Crippen molar-refractivity contribution in [1.29, 1.82) is 0 Å². The van der Waals surface area contributed by atoms with Gasteiger partial charge in [0.2, 0.25) is 5.90 Å². The maximum absolute atomic E-state index is 13.4. The van der Waals surface area contributed by atoms with E-state index < -0.39 is 11.6 Å². The number of benzene rings is 2. The maximum atomic E-state index is 13.4. The summed E-state index contributed by atoms with van der Waals surface area (Å²) < 4.78 is 12.9. The Morgan fingerprint density at radius 3 is 2.64 bits per heavy atom. The molecule has 0 bridgehead atoms. The van der Waals surface area contributed by atoms with E-state index in [9.17, 15) is 4.79 Å². The largest absolute Gasteiger partial charge is 0.494 e. The molecule has 1 aliphatic rings. The molecule has 1 heterocycles. The van der Waals surface area contributed by atoms with Crippen LogP contribution in [0.3, 0.4) is 0 Å². The zero-order chi connectivity index (χ0) is 23.7. The smallest absolute Gasteiger partial charge is 0.266 e. The molecule has 0 saturated carbocycles. The number of hydrogen-bond acceptors (Lipinski definition) is 6. The molecule has 1 aliphatic heterocycles. The summed E-state index contributed by atoms with van der Waals surface area (Å²) in [5, 5.41) is 8.91. The van der Waals surface area contributed by atoms with Crippen LogP contribution in [0.15, 0.2) is 70.7 Å². The van der Waals surface area contributed by atoms with Gasteiger partial charge >= 0.3 is 0 Å². The normalized spacial score (nSPS) is 19.5. The SMILES string of the molecule is C=CC[C@]1(C(=O)NNCCC)N=C(c2ccc(OCCCO)cc2)O[C@H]1c1ccc(Br)cc1. The lowest BCUT2D eigenvalue weighted by Crippen LogP contribution is -2.52. The minimum Gasteiger partial charge on any atom is -0.494 e. The van der Waals surface area contributed by atoms with Crippen LogP contribution in [0.25, 0.3) is 0 Å². The third kappa shape index (κ3) is 6.01. The second-order valence-electron chi connectivity index (χ2n) is 7.71. The van der Waals surface area contributed by atoms with E-state index >= 15 is 0 Å². The van der Waals surface area contributed by atoms with Crippen LogP contribution in [-0.2, 0) is 9.53 Å². The van der Waals surface area contributed by atoms with Gasteiger partial charge in [-0.25, -0.2) is 10.4 Å². The minimum atomic E-state index is -1.21. The summed E-state index contributed by atoms with van der Waals surface area (Å²) in [6, 6.07) is 15.0. The Bertz CT molecular complexity index is 963.